The van der Waals surface area contributed by atoms with Crippen LogP contribution >= 0.6 is 0 Å². The van der Waals surface area contributed by atoms with Crippen LogP contribution in [0, 0.1) is 17.8 Å². The van der Waals surface area contributed by atoms with Gasteiger partial charge in [-0.05, 0) is 82.1 Å². The lowest BCUT2D eigenvalue weighted by atomic mass is 9.99. The number of rotatable bonds is 28. The van der Waals surface area contributed by atoms with Crippen LogP contribution in [0.15, 0.2) is 9.98 Å². The number of nitrogens with one attached hydrogen (secondary N) is 5. The van der Waals surface area contributed by atoms with E-state index in [1.54, 1.807) is 13.8 Å². The van der Waals surface area contributed by atoms with Crippen LogP contribution in [0.4, 0.5) is 0 Å². The van der Waals surface area contributed by atoms with Crippen LogP contribution < -0.4 is 61.0 Å². The summed E-state index contributed by atoms with van der Waals surface area (Å²) < 4.78 is 0. The van der Waals surface area contributed by atoms with Gasteiger partial charge in [-0.3, -0.25) is 34.0 Å². The van der Waals surface area contributed by atoms with Gasteiger partial charge in [-0.15, -0.1) is 0 Å². The average Bonchev–Trinajstić information content (AvgIpc) is 3.07. The van der Waals surface area contributed by atoms with Gasteiger partial charge in [0.2, 0.25) is 29.5 Å². The third-order valence-corrected chi connectivity index (χ3v) is 8.37. The molecule has 0 radical (unpaired) electrons. The number of nitrogens with zero attached hydrogens (tertiary/aromatic N) is 2. The number of unbranched alkanes of at least 4 members (excludes halogenated alkanes) is 1. The maximum absolute atomic E-state index is 13.9. The second kappa shape index (κ2) is 27.0. The molecular weight excluding hydrogens is 714 g/mol. The number of aliphatic imine (C=N–C) groups is 2. The number of carbonyl (C=O) groups excluding carboxylic acids is 5. The van der Waals surface area contributed by atoms with Gasteiger partial charge in [-0.1, -0.05) is 41.5 Å². The van der Waals surface area contributed by atoms with Crippen molar-refractivity contribution in [2.24, 2.45) is 62.1 Å². The topological polar surface area (TPSA) is 364 Å². The number of carbonyl (C=O) groups is 6. The van der Waals surface area contributed by atoms with Gasteiger partial charge in [-0.25, -0.2) is 4.79 Å². The van der Waals surface area contributed by atoms with E-state index in [2.05, 4.69) is 36.6 Å². The molecule has 0 aromatic heterocycles. The van der Waals surface area contributed by atoms with Crippen molar-refractivity contribution in [1.29, 1.82) is 0 Å². The highest BCUT2D eigenvalue weighted by molar-refractivity contribution is 5.96. The lowest BCUT2D eigenvalue weighted by molar-refractivity contribution is -0.142. The quantitative estimate of drug-likeness (QED) is 0.0228. The predicted octanol–water partition coefficient (Wildman–Crippen LogP) is -2.19. The second-order valence-corrected chi connectivity index (χ2v) is 14.9. The van der Waals surface area contributed by atoms with E-state index >= 15 is 0 Å². The molecule has 55 heavy (non-hydrogen) atoms. The number of nitrogens with two attached hydrogens (primary N) is 6. The molecule has 0 rings (SSSR count). The molecule has 0 saturated carbocycles. The number of carboxylic acid groups (broad SMARTS) is 1. The Kier molecular flexibility index (Phi) is 24.6. The minimum Gasteiger partial charge on any atom is -0.480 e. The Morgan fingerprint density at radius 2 is 0.964 bits per heavy atom. The maximum Gasteiger partial charge on any atom is 0.326 e. The lowest BCUT2D eigenvalue weighted by Crippen LogP contribution is -2.60. The number of aliphatic carboxylic acids is 1. The number of hydrogen-bond acceptors (Lipinski definition) is 10. The Labute approximate surface area is 324 Å². The first-order valence-corrected chi connectivity index (χ1v) is 19.0. The molecule has 18 N–H and O–H groups in total. The third kappa shape index (κ3) is 22.3. The molecule has 0 aliphatic rings. The first-order chi connectivity index (χ1) is 25.7. The van der Waals surface area contributed by atoms with E-state index in [0.29, 0.717) is 25.8 Å². The molecule has 0 spiro atoms. The highest BCUT2D eigenvalue weighted by Crippen LogP contribution is 2.12. The summed E-state index contributed by atoms with van der Waals surface area (Å²) in [5, 5.41) is 23.0. The normalized spacial score (nSPS) is 14.5. The van der Waals surface area contributed by atoms with E-state index in [1.807, 2.05) is 27.7 Å². The fourth-order valence-electron chi connectivity index (χ4n) is 5.49. The molecule has 0 aliphatic carbocycles. The summed E-state index contributed by atoms with van der Waals surface area (Å²) in [6.07, 6.45) is 2.42. The predicted molar refractivity (Wildman–Crippen MR) is 212 cm³/mol. The summed E-state index contributed by atoms with van der Waals surface area (Å²) in [7, 11) is 0. The van der Waals surface area contributed by atoms with E-state index in [4.69, 9.17) is 34.4 Å². The van der Waals surface area contributed by atoms with Crippen LogP contribution in [-0.2, 0) is 28.8 Å². The minimum absolute atomic E-state index is 0.00833. The Balaban J connectivity index is 6.24. The van der Waals surface area contributed by atoms with Gasteiger partial charge in [0.15, 0.2) is 11.9 Å². The number of carboxylic acids is 1. The fourth-order valence-corrected chi connectivity index (χ4v) is 5.49. The summed E-state index contributed by atoms with van der Waals surface area (Å²) in [5.41, 5.74) is 33.3. The van der Waals surface area contributed by atoms with Crippen molar-refractivity contribution in [3.63, 3.8) is 0 Å². The largest absolute Gasteiger partial charge is 0.480 e. The van der Waals surface area contributed by atoms with Gasteiger partial charge in [0.05, 0.1) is 6.04 Å². The van der Waals surface area contributed by atoms with Gasteiger partial charge in [0.25, 0.3) is 0 Å². The summed E-state index contributed by atoms with van der Waals surface area (Å²) in [6, 6.07) is -6.63. The Morgan fingerprint density at radius 1 is 0.545 bits per heavy atom. The van der Waals surface area contributed by atoms with Crippen LogP contribution in [0.25, 0.3) is 0 Å². The molecule has 6 atom stereocenters. The smallest absolute Gasteiger partial charge is 0.326 e. The molecule has 20 nitrogen and oxygen atoms in total. The zero-order chi connectivity index (χ0) is 42.2. The molecule has 0 heterocycles. The van der Waals surface area contributed by atoms with Gasteiger partial charge in [-0.2, -0.15) is 0 Å². The summed E-state index contributed by atoms with van der Waals surface area (Å²) in [5.74, 6) is -5.18. The summed E-state index contributed by atoms with van der Waals surface area (Å²) in [6.45, 7) is 11.6. The van der Waals surface area contributed by atoms with Crippen molar-refractivity contribution in [2.75, 3.05) is 19.6 Å². The van der Waals surface area contributed by atoms with Crippen LogP contribution in [0.1, 0.15) is 99.3 Å². The fraction of sp³-hybridized carbons (Fsp3) is 0.771. The van der Waals surface area contributed by atoms with E-state index in [1.165, 1.54) is 0 Å². The Bertz CT molecular complexity index is 1290. The molecule has 5 amide bonds. The third-order valence-electron chi connectivity index (χ3n) is 8.37. The highest BCUT2D eigenvalue weighted by Gasteiger charge is 2.34. The minimum atomic E-state index is -1.28. The number of amides is 5. The number of hydrogen-bond donors (Lipinski definition) is 12. The maximum atomic E-state index is 13.9. The van der Waals surface area contributed by atoms with Crippen LogP contribution in [0.5, 0.6) is 0 Å². The molecule has 0 unspecified atom stereocenters. The zero-order valence-electron chi connectivity index (χ0n) is 33.4. The van der Waals surface area contributed by atoms with Crippen molar-refractivity contribution < 1.29 is 33.9 Å². The molecule has 316 valence electrons. The highest BCUT2D eigenvalue weighted by atomic mass is 16.4. The van der Waals surface area contributed by atoms with E-state index in [9.17, 15) is 33.9 Å². The van der Waals surface area contributed by atoms with Crippen LogP contribution in [0.2, 0.25) is 0 Å². The van der Waals surface area contributed by atoms with Crippen molar-refractivity contribution in [3.8, 4) is 0 Å². The van der Waals surface area contributed by atoms with Crippen molar-refractivity contribution >= 4 is 47.4 Å². The van der Waals surface area contributed by atoms with Gasteiger partial charge in [0.1, 0.15) is 30.2 Å². The van der Waals surface area contributed by atoms with Crippen LogP contribution in [0.3, 0.4) is 0 Å². The molecule has 0 aromatic carbocycles. The van der Waals surface area contributed by atoms with Crippen molar-refractivity contribution in [3.05, 3.63) is 0 Å². The van der Waals surface area contributed by atoms with E-state index < -0.39 is 77.7 Å². The lowest BCUT2D eigenvalue weighted by Gasteiger charge is -2.29. The molecule has 0 aromatic rings. The Morgan fingerprint density at radius 3 is 1.42 bits per heavy atom. The van der Waals surface area contributed by atoms with Gasteiger partial charge in [0, 0.05) is 13.1 Å². The molecule has 0 fully saturated rings. The van der Waals surface area contributed by atoms with E-state index in [0.717, 1.165) is 0 Å². The van der Waals surface area contributed by atoms with E-state index in [-0.39, 0.29) is 75.4 Å². The standard InChI is InChI=1S/C35H69N13O7/c1-19(2)17-22(37)28(49)47-26(18-20(3)4)31(52)44-24(12-9-15-42-34(38)39)30(51)48-27(21(5)6)32(53)45-23(11-7-8-14-36)29(50)46-25(33(54)55)13-10-16-43-35(40)41/h19-27H,7-18,36-37H2,1-6H3,(H,44,52)(H,45,53)(H,46,50)(H,47,49)(H,48,51)(H,54,55)(H4,38,39,42)(H4,40,41,43)/t22-,23-,24-,25-,26-,27-/m0/s1. The Hall–Kier alpha value is -4.72. The molecule has 0 aliphatic heterocycles. The first kappa shape index (κ1) is 50.3. The number of guanidine groups is 2. The zero-order valence-corrected chi connectivity index (χ0v) is 33.4. The summed E-state index contributed by atoms with van der Waals surface area (Å²) >= 11 is 0. The molecule has 0 bridgehead atoms. The molecule has 20 heteroatoms. The van der Waals surface area contributed by atoms with Crippen molar-refractivity contribution in [2.45, 2.75) is 136 Å². The van der Waals surface area contributed by atoms with Crippen LogP contribution in [-0.4, -0.2) is 108 Å². The monoisotopic (exact) mass is 784 g/mol. The molecular formula is C35H69N13O7. The summed E-state index contributed by atoms with van der Waals surface area (Å²) in [4.78, 5) is 87.3. The second-order valence-electron chi connectivity index (χ2n) is 14.9. The average molecular weight is 784 g/mol. The van der Waals surface area contributed by atoms with Crippen molar-refractivity contribution in [1.82, 2.24) is 26.6 Å². The molecule has 0 saturated heterocycles. The first-order valence-electron chi connectivity index (χ1n) is 19.0. The SMILES string of the molecule is CC(C)C[C@H](NC(=O)[C@@H](N)CC(C)C)C(=O)N[C@@H](CCCN=C(N)N)C(=O)N[C@H](C(=O)N[C@@H](CCCCN)C(=O)N[C@@H](CCCN=C(N)N)C(=O)O)C(C)C. The van der Waals surface area contributed by atoms with Gasteiger partial charge < -0.3 is 66.1 Å². The van der Waals surface area contributed by atoms with Gasteiger partial charge >= 0.3 is 5.97 Å².